The van der Waals surface area contributed by atoms with Gasteiger partial charge in [0.1, 0.15) is 15.8 Å². The van der Waals surface area contributed by atoms with Crippen LogP contribution in [0.25, 0.3) is 17.4 Å². The minimum atomic E-state index is -1.03. The molecule has 0 radical (unpaired) electrons. The van der Waals surface area contributed by atoms with Crippen LogP contribution in [-0.2, 0) is 4.79 Å². The van der Waals surface area contributed by atoms with E-state index in [4.69, 9.17) is 16.6 Å². The molecule has 3 rings (SSSR count). The highest BCUT2D eigenvalue weighted by molar-refractivity contribution is 8.26. The van der Waals surface area contributed by atoms with Gasteiger partial charge in [-0.1, -0.05) is 48.3 Å². The number of rotatable bonds is 5. The second-order valence-corrected chi connectivity index (χ2v) is 6.81. The molecule has 1 amide bonds. The van der Waals surface area contributed by atoms with E-state index in [2.05, 4.69) is 6.58 Å². The van der Waals surface area contributed by atoms with Gasteiger partial charge in [-0.3, -0.25) is 9.69 Å². The third-order valence-electron chi connectivity index (χ3n) is 3.51. The van der Waals surface area contributed by atoms with Crippen LogP contribution in [0.5, 0.6) is 0 Å². The molecule has 0 bridgehead atoms. The first-order valence-corrected chi connectivity index (χ1v) is 8.52. The molecule has 1 aliphatic heterocycles. The van der Waals surface area contributed by atoms with Crippen LogP contribution in [0.15, 0.2) is 58.4 Å². The summed E-state index contributed by atoms with van der Waals surface area (Å²) in [7, 11) is 0. The standard InChI is InChI=1S/C18H13NO4S2/c1-2-9-19-16(20)15(25-18(19)24)10-11-7-8-14(23-11)12-5-3-4-6-13(12)17(21)22/h2-8,10H,1,9H2,(H,21,22). The van der Waals surface area contributed by atoms with Crippen molar-refractivity contribution in [3.8, 4) is 11.3 Å². The molecule has 0 aliphatic carbocycles. The van der Waals surface area contributed by atoms with Crippen molar-refractivity contribution in [1.82, 2.24) is 4.90 Å². The van der Waals surface area contributed by atoms with Crippen molar-refractivity contribution in [2.45, 2.75) is 0 Å². The van der Waals surface area contributed by atoms with Crippen molar-refractivity contribution in [3.63, 3.8) is 0 Å². The number of amides is 1. The Morgan fingerprint density at radius 1 is 1.32 bits per heavy atom. The zero-order valence-corrected chi connectivity index (χ0v) is 14.6. The number of thiocarbonyl (C=S) groups is 1. The topological polar surface area (TPSA) is 70.8 Å². The average Bonchev–Trinajstić information content (AvgIpc) is 3.16. The van der Waals surface area contributed by atoms with Crippen LogP contribution in [0, 0.1) is 0 Å². The number of nitrogens with zero attached hydrogens (tertiary/aromatic N) is 1. The summed E-state index contributed by atoms with van der Waals surface area (Å²) in [5, 5.41) is 9.28. The van der Waals surface area contributed by atoms with Gasteiger partial charge in [-0.15, -0.1) is 6.58 Å². The van der Waals surface area contributed by atoms with E-state index < -0.39 is 5.97 Å². The van der Waals surface area contributed by atoms with Crippen molar-refractivity contribution >= 4 is 46.3 Å². The quantitative estimate of drug-likeness (QED) is 0.486. The third-order valence-corrected chi connectivity index (χ3v) is 4.89. The van der Waals surface area contributed by atoms with Gasteiger partial charge in [-0.2, -0.15) is 0 Å². The van der Waals surface area contributed by atoms with E-state index in [9.17, 15) is 14.7 Å². The van der Waals surface area contributed by atoms with Crippen molar-refractivity contribution in [1.29, 1.82) is 0 Å². The molecular weight excluding hydrogens is 358 g/mol. The van der Waals surface area contributed by atoms with Crippen LogP contribution in [0.1, 0.15) is 16.1 Å². The summed E-state index contributed by atoms with van der Waals surface area (Å²) < 4.78 is 6.19. The normalized spacial score (nSPS) is 15.8. The predicted octanol–water partition coefficient (Wildman–Crippen LogP) is 4.03. The number of carboxylic acid groups (broad SMARTS) is 1. The van der Waals surface area contributed by atoms with Gasteiger partial charge in [-0.05, 0) is 18.2 Å². The highest BCUT2D eigenvalue weighted by Crippen LogP contribution is 2.34. The van der Waals surface area contributed by atoms with Gasteiger partial charge in [0, 0.05) is 18.2 Å². The number of furan rings is 1. The van der Waals surface area contributed by atoms with Crippen LogP contribution in [0.4, 0.5) is 0 Å². The fraction of sp³-hybridized carbons (Fsp3) is 0.0556. The van der Waals surface area contributed by atoms with Gasteiger partial charge in [0.05, 0.1) is 10.5 Å². The zero-order valence-electron chi connectivity index (χ0n) is 13.0. The predicted molar refractivity (Wildman–Crippen MR) is 101 cm³/mol. The lowest BCUT2D eigenvalue weighted by atomic mass is 10.1. The van der Waals surface area contributed by atoms with E-state index in [1.165, 1.54) is 22.7 Å². The summed E-state index contributed by atoms with van der Waals surface area (Å²) in [6.45, 7) is 3.97. The Kier molecular flexibility index (Phi) is 4.87. The Balaban J connectivity index is 1.91. The molecule has 0 spiro atoms. The number of thioether (sulfide) groups is 1. The number of carboxylic acids is 1. The summed E-state index contributed by atoms with van der Waals surface area (Å²) in [6.07, 6.45) is 3.22. The molecule has 1 aliphatic rings. The average molecular weight is 371 g/mol. The van der Waals surface area contributed by atoms with Crippen LogP contribution < -0.4 is 0 Å². The molecular formula is C18H13NO4S2. The minimum absolute atomic E-state index is 0.153. The summed E-state index contributed by atoms with van der Waals surface area (Å²) in [4.78, 5) is 25.6. The highest BCUT2D eigenvalue weighted by atomic mass is 32.2. The largest absolute Gasteiger partial charge is 0.478 e. The fourth-order valence-corrected chi connectivity index (χ4v) is 3.63. The van der Waals surface area contributed by atoms with Crippen molar-refractivity contribution < 1.29 is 19.1 Å². The van der Waals surface area contributed by atoms with Crippen molar-refractivity contribution in [2.24, 2.45) is 0 Å². The number of hydrogen-bond donors (Lipinski definition) is 1. The maximum atomic E-state index is 12.3. The van der Waals surface area contributed by atoms with E-state index in [0.717, 1.165) is 0 Å². The van der Waals surface area contributed by atoms with Gasteiger partial charge in [0.2, 0.25) is 0 Å². The molecule has 25 heavy (non-hydrogen) atoms. The van der Waals surface area contributed by atoms with Crippen LogP contribution >= 0.6 is 24.0 Å². The Hall–Kier alpha value is -2.64. The lowest BCUT2D eigenvalue weighted by molar-refractivity contribution is -0.121. The molecule has 1 aromatic carbocycles. The monoisotopic (exact) mass is 371 g/mol. The lowest BCUT2D eigenvalue weighted by Crippen LogP contribution is -2.27. The first kappa shape index (κ1) is 17.2. The fourth-order valence-electron chi connectivity index (χ4n) is 2.38. The number of hydrogen-bond acceptors (Lipinski definition) is 5. The molecule has 0 unspecified atom stereocenters. The second-order valence-electron chi connectivity index (χ2n) is 5.13. The van der Waals surface area contributed by atoms with Gasteiger partial charge in [0.15, 0.2) is 0 Å². The summed E-state index contributed by atoms with van der Waals surface area (Å²) in [5.41, 5.74) is 0.634. The van der Waals surface area contributed by atoms with E-state index in [0.29, 0.717) is 32.9 Å². The molecule has 2 aromatic rings. The molecule has 126 valence electrons. The van der Waals surface area contributed by atoms with E-state index in [1.54, 1.807) is 42.5 Å². The SMILES string of the molecule is C=CCN1C(=O)C(=Cc2ccc(-c3ccccc3C(=O)O)o2)SC1=S. The van der Waals surface area contributed by atoms with E-state index >= 15 is 0 Å². The first-order valence-electron chi connectivity index (χ1n) is 7.30. The van der Waals surface area contributed by atoms with E-state index in [1.807, 2.05) is 0 Å². The molecule has 7 heteroatoms. The summed E-state index contributed by atoms with van der Waals surface area (Å²) in [5.74, 6) is -0.349. The van der Waals surface area contributed by atoms with Crippen LogP contribution in [0.2, 0.25) is 0 Å². The van der Waals surface area contributed by atoms with E-state index in [-0.39, 0.29) is 11.5 Å². The van der Waals surface area contributed by atoms with Gasteiger partial charge in [-0.25, -0.2) is 4.79 Å². The summed E-state index contributed by atoms with van der Waals surface area (Å²) >= 11 is 6.38. The van der Waals surface area contributed by atoms with Gasteiger partial charge in [0.25, 0.3) is 5.91 Å². The molecule has 5 nitrogen and oxygen atoms in total. The zero-order chi connectivity index (χ0) is 18.0. The Morgan fingerprint density at radius 2 is 2.08 bits per heavy atom. The van der Waals surface area contributed by atoms with Gasteiger partial charge >= 0.3 is 5.97 Å². The maximum Gasteiger partial charge on any atom is 0.336 e. The number of carbonyl (C=O) groups is 2. The minimum Gasteiger partial charge on any atom is -0.478 e. The first-order chi connectivity index (χ1) is 12.0. The van der Waals surface area contributed by atoms with Crippen molar-refractivity contribution in [2.75, 3.05) is 6.54 Å². The molecule has 2 heterocycles. The van der Waals surface area contributed by atoms with Gasteiger partial charge < -0.3 is 9.52 Å². The Bertz CT molecular complexity index is 913. The Morgan fingerprint density at radius 3 is 2.80 bits per heavy atom. The van der Waals surface area contributed by atoms with Crippen LogP contribution in [0.3, 0.4) is 0 Å². The molecule has 0 atom stereocenters. The number of benzene rings is 1. The molecule has 1 N–H and O–H groups in total. The molecule has 1 aromatic heterocycles. The molecule has 0 saturated carbocycles. The molecule has 1 saturated heterocycles. The van der Waals surface area contributed by atoms with Crippen molar-refractivity contribution in [3.05, 3.63) is 65.3 Å². The lowest BCUT2D eigenvalue weighted by Gasteiger charge is -2.10. The molecule has 1 fully saturated rings. The Labute approximate surface area is 153 Å². The second kappa shape index (κ2) is 7.08. The summed E-state index contributed by atoms with van der Waals surface area (Å²) in [6, 6.07) is 9.95. The number of carbonyl (C=O) groups excluding carboxylic acids is 1. The smallest absolute Gasteiger partial charge is 0.336 e. The third kappa shape index (κ3) is 3.42. The number of aromatic carboxylic acids is 1. The highest BCUT2D eigenvalue weighted by Gasteiger charge is 2.31. The van der Waals surface area contributed by atoms with Crippen LogP contribution in [-0.4, -0.2) is 32.7 Å². The maximum absolute atomic E-state index is 12.3.